The van der Waals surface area contributed by atoms with Crippen LogP contribution in [0.2, 0.25) is 0 Å². The summed E-state index contributed by atoms with van der Waals surface area (Å²) in [6, 6.07) is 24.9. The van der Waals surface area contributed by atoms with Crippen molar-refractivity contribution in [3.05, 3.63) is 95.6 Å². The molecule has 1 aliphatic heterocycles. The zero-order valence-corrected chi connectivity index (χ0v) is 17.5. The van der Waals surface area contributed by atoms with Crippen molar-refractivity contribution in [2.75, 3.05) is 0 Å². The predicted molar refractivity (Wildman–Crippen MR) is 122 cm³/mol. The van der Waals surface area contributed by atoms with Gasteiger partial charge in [-0.2, -0.15) is 5.26 Å². The van der Waals surface area contributed by atoms with E-state index in [4.69, 9.17) is 10.00 Å². The van der Waals surface area contributed by atoms with Gasteiger partial charge >= 0.3 is 5.97 Å². The van der Waals surface area contributed by atoms with Gasteiger partial charge in [0.15, 0.2) is 5.78 Å². The first-order chi connectivity index (χ1) is 15.6. The van der Waals surface area contributed by atoms with E-state index in [1.807, 2.05) is 24.3 Å². The van der Waals surface area contributed by atoms with Gasteiger partial charge < -0.3 is 4.74 Å². The molecule has 0 saturated heterocycles. The average molecular weight is 419 g/mol. The van der Waals surface area contributed by atoms with Crippen LogP contribution in [0, 0.1) is 23.2 Å². The molecule has 0 saturated carbocycles. The van der Waals surface area contributed by atoms with Crippen LogP contribution in [0.15, 0.2) is 78.9 Å². The van der Waals surface area contributed by atoms with Crippen molar-refractivity contribution in [2.24, 2.45) is 11.8 Å². The second-order valence-corrected chi connectivity index (χ2v) is 8.27. The number of esters is 1. The summed E-state index contributed by atoms with van der Waals surface area (Å²) in [5.74, 6) is -1.18. The van der Waals surface area contributed by atoms with Crippen molar-refractivity contribution in [1.29, 1.82) is 5.26 Å². The molecule has 3 aromatic rings. The van der Waals surface area contributed by atoms with E-state index in [0.29, 0.717) is 16.9 Å². The summed E-state index contributed by atoms with van der Waals surface area (Å²) < 4.78 is 5.48. The van der Waals surface area contributed by atoms with Crippen molar-refractivity contribution in [1.82, 2.24) is 0 Å². The van der Waals surface area contributed by atoms with E-state index in [1.54, 1.807) is 24.3 Å². The van der Waals surface area contributed by atoms with Gasteiger partial charge in [-0.05, 0) is 71.7 Å². The number of nitriles is 1. The van der Waals surface area contributed by atoms with Gasteiger partial charge in [0, 0.05) is 0 Å². The Labute approximate surface area is 186 Å². The zero-order chi connectivity index (χ0) is 22.1. The molecule has 5 rings (SSSR count). The fraction of sp³-hybridized carbons (Fsp3) is 0.179. The number of ether oxygens (including phenoxy) is 1. The van der Waals surface area contributed by atoms with E-state index in [9.17, 15) is 9.59 Å². The van der Waals surface area contributed by atoms with Gasteiger partial charge in [-0.1, -0.05) is 54.6 Å². The highest BCUT2D eigenvalue weighted by atomic mass is 16.5. The smallest absolute Gasteiger partial charge is 0.322 e. The maximum atomic E-state index is 13.1. The molecular weight excluding hydrogens is 398 g/mol. The van der Waals surface area contributed by atoms with Gasteiger partial charge in [-0.3, -0.25) is 9.59 Å². The molecule has 3 aromatic carbocycles. The number of nitrogens with zero attached hydrogens (tertiary/aromatic N) is 1. The molecule has 0 radical (unpaired) electrons. The number of Topliss-reactive ketones (excluding diaryl/α,β-unsaturated/α-hetero) is 1. The van der Waals surface area contributed by atoms with E-state index in [-0.39, 0.29) is 11.7 Å². The molecule has 4 nitrogen and oxygen atoms in total. The van der Waals surface area contributed by atoms with E-state index >= 15 is 0 Å². The number of fused-ring (bicyclic) bond motifs is 1. The Morgan fingerprint density at radius 2 is 1.50 bits per heavy atom. The maximum absolute atomic E-state index is 13.1. The predicted octanol–water partition coefficient (Wildman–Crippen LogP) is 5.83. The normalized spacial score (nSPS) is 20.0. The van der Waals surface area contributed by atoms with Gasteiger partial charge in [-0.15, -0.1) is 0 Å². The van der Waals surface area contributed by atoms with Crippen LogP contribution in [0.5, 0.6) is 5.75 Å². The monoisotopic (exact) mass is 419 g/mol. The van der Waals surface area contributed by atoms with E-state index in [0.717, 1.165) is 41.5 Å². The van der Waals surface area contributed by atoms with Crippen molar-refractivity contribution in [3.8, 4) is 22.9 Å². The third-order valence-electron chi connectivity index (χ3n) is 6.33. The summed E-state index contributed by atoms with van der Waals surface area (Å²) in [6.07, 6.45) is 4.73. The molecule has 2 atom stereocenters. The Bertz CT molecular complexity index is 1260. The van der Waals surface area contributed by atoms with Gasteiger partial charge in [0.1, 0.15) is 11.7 Å². The van der Waals surface area contributed by atoms with Crippen LogP contribution in [-0.2, 0) is 4.79 Å². The summed E-state index contributed by atoms with van der Waals surface area (Å²) in [5, 5.41) is 8.97. The third-order valence-corrected chi connectivity index (χ3v) is 6.33. The molecule has 1 aliphatic carbocycles. The lowest BCUT2D eigenvalue weighted by Gasteiger charge is -2.30. The largest absolute Gasteiger partial charge is 0.425 e. The minimum Gasteiger partial charge on any atom is -0.425 e. The molecule has 0 aromatic heterocycles. The Morgan fingerprint density at radius 3 is 2.22 bits per heavy atom. The van der Waals surface area contributed by atoms with Gasteiger partial charge in [-0.25, -0.2) is 0 Å². The van der Waals surface area contributed by atoms with Crippen LogP contribution in [0.25, 0.3) is 16.7 Å². The highest BCUT2D eigenvalue weighted by Crippen LogP contribution is 2.39. The molecule has 32 heavy (non-hydrogen) atoms. The van der Waals surface area contributed by atoms with Crippen LogP contribution in [0.3, 0.4) is 0 Å². The lowest BCUT2D eigenvalue weighted by molar-refractivity contribution is -0.139. The van der Waals surface area contributed by atoms with Crippen LogP contribution in [0.1, 0.15) is 40.7 Å². The summed E-state index contributed by atoms with van der Waals surface area (Å²) >= 11 is 0. The van der Waals surface area contributed by atoms with Crippen molar-refractivity contribution in [2.45, 2.75) is 19.3 Å². The van der Waals surface area contributed by atoms with Crippen molar-refractivity contribution < 1.29 is 14.3 Å². The molecule has 4 heteroatoms. The summed E-state index contributed by atoms with van der Waals surface area (Å²) in [6.45, 7) is 0. The highest BCUT2D eigenvalue weighted by Gasteiger charge is 2.41. The number of ketones is 1. The standard InChI is InChI=1S/C28H21NO3/c29-17-18-8-10-19(11-9-18)20-12-14-21(15-13-20)22-4-3-5-23(16-22)26-27(30)24-6-1-2-7-25(24)32-28(26)31/h1-2,6-16,23,26H,3-5H2. The third kappa shape index (κ3) is 3.63. The second kappa shape index (κ2) is 8.28. The first-order valence-corrected chi connectivity index (χ1v) is 10.8. The van der Waals surface area contributed by atoms with Gasteiger partial charge in [0.2, 0.25) is 0 Å². The number of carbonyl (C=O) groups excluding carboxylic acids is 2. The van der Waals surface area contributed by atoms with E-state index < -0.39 is 11.9 Å². The number of hydrogen-bond donors (Lipinski definition) is 0. The van der Waals surface area contributed by atoms with Gasteiger partial charge in [0.05, 0.1) is 17.2 Å². The first kappa shape index (κ1) is 20.0. The number of hydrogen-bond acceptors (Lipinski definition) is 4. The molecule has 0 fully saturated rings. The minimum atomic E-state index is -0.780. The second-order valence-electron chi connectivity index (χ2n) is 8.27. The number of benzene rings is 3. The minimum absolute atomic E-state index is 0.143. The molecule has 2 unspecified atom stereocenters. The molecule has 1 heterocycles. The van der Waals surface area contributed by atoms with Crippen LogP contribution < -0.4 is 4.74 Å². The Balaban J connectivity index is 1.40. The van der Waals surface area contributed by atoms with Crippen LogP contribution in [0.4, 0.5) is 0 Å². The highest BCUT2D eigenvalue weighted by molar-refractivity contribution is 6.13. The summed E-state index contributed by atoms with van der Waals surface area (Å²) in [5.41, 5.74) is 5.52. The Morgan fingerprint density at radius 1 is 0.844 bits per heavy atom. The fourth-order valence-electron chi connectivity index (χ4n) is 4.65. The number of para-hydroxylation sites is 1. The molecule has 0 amide bonds. The Kier molecular flexibility index (Phi) is 5.17. The molecule has 156 valence electrons. The molecule has 0 N–H and O–H groups in total. The van der Waals surface area contributed by atoms with Crippen molar-refractivity contribution >= 4 is 17.3 Å². The molecular formula is C28H21NO3. The SMILES string of the molecule is N#Cc1ccc(-c2ccc(C3=CC(C4C(=O)Oc5ccccc5C4=O)CCC3)cc2)cc1. The lowest BCUT2D eigenvalue weighted by atomic mass is 9.76. The van der Waals surface area contributed by atoms with Crippen molar-refractivity contribution in [3.63, 3.8) is 0 Å². The fourth-order valence-corrected chi connectivity index (χ4v) is 4.65. The first-order valence-electron chi connectivity index (χ1n) is 10.8. The summed E-state index contributed by atoms with van der Waals surface area (Å²) in [7, 11) is 0. The average Bonchev–Trinajstić information content (AvgIpc) is 2.84. The van der Waals surface area contributed by atoms with E-state index in [2.05, 4.69) is 36.4 Å². The van der Waals surface area contributed by atoms with Gasteiger partial charge in [0.25, 0.3) is 0 Å². The topological polar surface area (TPSA) is 67.2 Å². The molecule has 0 spiro atoms. The molecule has 0 bridgehead atoms. The maximum Gasteiger partial charge on any atom is 0.322 e. The lowest BCUT2D eigenvalue weighted by Crippen LogP contribution is -2.38. The van der Waals surface area contributed by atoms with Crippen LogP contribution >= 0.6 is 0 Å². The van der Waals surface area contributed by atoms with E-state index in [1.165, 1.54) is 0 Å². The number of carbonyl (C=O) groups is 2. The zero-order valence-electron chi connectivity index (χ0n) is 17.5. The quantitative estimate of drug-likeness (QED) is 0.304. The van der Waals surface area contributed by atoms with Crippen LogP contribution in [-0.4, -0.2) is 11.8 Å². The Hall–Kier alpha value is -3.97. The molecule has 2 aliphatic rings. The summed E-state index contributed by atoms with van der Waals surface area (Å²) in [4.78, 5) is 25.7. The number of rotatable bonds is 3. The number of allylic oxidation sites excluding steroid dienone is 2.